The fourth-order valence-corrected chi connectivity index (χ4v) is 8.35. The molecule has 3 fully saturated rings. The van der Waals surface area contributed by atoms with E-state index in [1.807, 2.05) is 0 Å². The highest BCUT2D eigenvalue weighted by Gasteiger charge is 2.60. The lowest BCUT2D eigenvalue weighted by Gasteiger charge is -2.59. The highest BCUT2D eigenvalue weighted by atomic mass is 16.5. The quantitative estimate of drug-likeness (QED) is 0.593. The second-order valence-corrected chi connectivity index (χ2v) is 11.1. The minimum Gasteiger partial charge on any atom is -0.512 e. The van der Waals surface area contributed by atoms with Crippen molar-refractivity contribution >= 4 is 0 Å². The molecule has 0 aromatic carbocycles. The lowest BCUT2D eigenvalue weighted by atomic mass is 9.45. The molecule has 4 aliphatic carbocycles. The van der Waals surface area contributed by atoms with Crippen molar-refractivity contribution in [2.24, 2.45) is 40.4 Å². The molecule has 0 aromatic rings. The molecule has 3 heteroatoms. The zero-order valence-corrected chi connectivity index (χ0v) is 17.9. The first-order valence-corrected chi connectivity index (χ1v) is 11.7. The van der Waals surface area contributed by atoms with Crippen LogP contribution < -0.4 is 0 Å². The first-order chi connectivity index (χ1) is 13.3. The monoisotopic (exact) mass is 386 g/mol. The molecule has 1 unspecified atom stereocenters. The summed E-state index contributed by atoms with van der Waals surface area (Å²) in [6.45, 7) is 9.01. The van der Waals surface area contributed by atoms with Crippen molar-refractivity contribution in [3.8, 4) is 0 Å². The van der Waals surface area contributed by atoms with Gasteiger partial charge in [0.25, 0.3) is 0 Å². The van der Waals surface area contributed by atoms with Crippen LogP contribution in [0.3, 0.4) is 0 Å². The van der Waals surface area contributed by atoms with Crippen molar-refractivity contribution in [3.63, 3.8) is 0 Å². The topological polar surface area (TPSA) is 49.7 Å². The van der Waals surface area contributed by atoms with E-state index in [0.29, 0.717) is 35.3 Å². The van der Waals surface area contributed by atoms with E-state index < -0.39 is 0 Å². The van der Waals surface area contributed by atoms with Crippen LogP contribution in [0.15, 0.2) is 23.0 Å². The summed E-state index contributed by atoms with van der Waals surface area (Å²) in [5.74, 6) is 3.56. The van der Waals surface area contributed by atoms with Crippen LogP contribution in [0.2, 0.25) is 0 Å². The standard InChI is InChI=1S/C25H38O3/c1-15-11-17-12-18(26)6-8-24(17,2)19-7-9-25(3)20(22(15)19)13-21(27)23(25)16-5-4-10-28-14-16/h11,15-16,18-20,22,26-27H,4-10,12-14H2,1-3H3/t15-,16?,18-,19-,20-,22+,24-,25-/m0/s1. The van der Waals surface area contributed by atoms with Gasteiger partial charge in [0.05, 0.1) is 18.5 Å². The van der Waals surface area contributed by atoms with Crippen molar-refractivity contribution in [3.05, 3.63) is 23.0 Å². The molecule has 3 nitrogen and oxygen atoms in total. The molecular formula is C25H38O3. The van der Waals surface area contributed by atoms with Crippen LogP contribution in [0.25, 0.3) is 0 Å². The molecule has 28 heavy (non-hydrogen) atoms. The summed E-state index contributed by atoms with van der Waals surface area (Å²) in [6, 6.07) is 0. The number of aliphatic hydroxyl groups is 2. The predicted molar refractivity (Wildman–Crippen MR) is 111 cm³/mol. The average molecular weight is 387 g/mol. The second-order valence-electron chi connectivity index (χ2n) is 11.1. The molecule has 1 aliphatic heterocycles. The molecule has 156 valence electrons. The molecule has 0 amide bonds. The van der Waals surface area contributed by atoms with Crippen molar-refractivity contribution in [2.45, 2.75) is 78.2 Å². The Labute approximate surface area is 170 Å². The number of ether oxygens (including phenoxy) is 1. The van der Waals surface area contributed by atoms with E-state index in [2.05, 4.69) is 26.8 Å². The summed E-state index contributed by atoms with van der Waals surface area (Å²) in [5, 5.41) is 21.4. The van der Waals surface area contributed by atoms with Gasteiger partial charge in [0, 0.05) is 18.9 Å². The highest BCUT2D eigenvalue weighted by molar-refractivity contribution is 5.34. The number of fused-ring (bicyclic) bond motifs is 5. The Hall–Kier alpha value is -0.800. The van der Waals surface area contributed by atoms with E-state index in [1.165, 1.54) is 30.4 Å². The lowest BCUT2D eigenvalue weighted by Crippen LogP contribution is -2.52. The third-order valence-electron chi connectivity index (χ3n) is 9.71. The number of hydrogen-bond acceptors (Lipinski definition) is 3. The van der Waals surface area contributed by atoms with Gasteiger partial charge >= 0.3 is 0 Å². The van der Waals surface area contributed by atoms with E-state index in [0.717, 1.165) is 45.3 Å². The molecular weight excluding hydrogens is 348 g/mol. The van der Waals surface area contributed by atoms with Gasteiger partial charge in [-0.3, -0.25) is 0 Å². The van der Waals surface area contributed by atoms with Crippen LogP contribution in [0.1, 0.15) is 72.1 Å². The Balaban J connectivity index is 1.49. The maximum atomic E-state index is 11.1. The largest absolute Gasteiger partial charge is 0.512 e. The zero-order valence-electron chi connectivity index (χ0n) is 17.9. The molecule has 1 heterocycles. The summed E-state index contributed by atoms with van der Waals surface area (Å²) in [4.78, 5) is 0. The van der Waals surface area contributed by atoms with E-state index in [4.69, 9.17) is 4.74 Å². The maximum absolute atomic E-state index is 11.1. The Kier molecular flexibility index (Phi) is 4.52. The summed E-state index contributed by atoms with van der Waals surface area (Å²) in [6.07, 6.45) is 10.9. The van der Waals surface area contributed by atoms with Gasteiger partial charge in [0.15, 0.2) is 0 Å². The summed E-state index contributed by atoms with van der Waals surface area (Å²) >= 11 is 0. The molecule has 8 atom stereocenters. The minimum atomic E-state index is -0.146. The summed E-state index contributed by atoms with van der Waals surface area (Å²) in [7, 11) is 0. The fourth-order valence-electron chi connectivity index (χ4n) is 8.35. The molecule has 0 spiro atoms. The SMILES string of the molecule is C[C@H]1C=C2C[C@@H](O)CC[C@]2(C)[C@H]2CC[C@]3(C)C(C4CCCOC4)=C(O)C[C@H]3[C@H]12. The number of aliphatic hydroxyl groups excluding tert-OH is 2. The molecule has 2 N–H and O–H groups in total. The van der Waals surface area contributed by atoms with Gasteiger partial charge in [-0.1, -0.05) is 32.4 Å². The minimum absolute atomic E-state index is 0.140. The predicted octanol–water partition coefficient (Wildman–Crippen LogP) is 5.40. The first kappa shape index (κ1) is 19.2. The van der Waals surface area contributed by atoms with Crippen molar-refractivity contribution in [1.29, 1.82) is 0 Å². The van der Waals surface area contributed by atoms with Crippen molar-refractivity contribution in [2.75, 3.05) is 13.2 Å². The van der Waals surface area contributed by atoms with Crippen molar-refractivity contribution in [1.82, 2.24) is 0 Å². The molecule has 5 rings (SSSR count). The van der Waals surface area contributed by atoms with Gasteiger partial charge in [-0.15, -0.1) is 0 Å². The summed E-state index contributed by atoms with van der Waals surface area (Å²) < 4.78 is 5.81. The average Bonchev–Trinajstić information content (AvgIpc) is 2.94. The number of allylic oxidation sites excluding steroid dienone is 2. The first-order valence-electron chi connectivity index (χ1n) is 11.7. The van der Waals surface area contributed by atoms with Gasteiger partial charge in [-0.25, -0.2) is 0 Å². The molecule has 0 radical (unpaired) electrons. The highest BCUT2D eigenvalue weighted by Crippen LogP contribution is 2.67. The van der Waals surface area contributed by atoms with Crippen LogP contribution in [-0.2, 0) is 4.74 Å². The van der Waals surface area contributed by atoms with E-state index >= 15 is 0 Å². The van der Waals surface area contributed by atoms with E-state index in [9.17, 15) is 10.2 Å². The van der Waals surface area contributed by atoms with Crippen LogP contribution in [-0.4, -0.2) is 29.5 Å². The van der Waals surface area contributed by atoms with E-state index in [1.54, 1.807) is 0 Å². The van der Waals surface area contributed by atoms with Crippen LogP contribution >= 0.6 is 0 Å². The van der Waals surface area contributed by atoms with Gasteiger partial charge < -0.3 is 14.9 Å². The Bertz CT molecular complexity index is 703. The molecule has 5 aliphatic rings. The van der Waals surface area contributed by atoms with E-state index in [-0.39, 0.29) is 16.9 Å². The van der Waals surface area contributed by atoms with Crippen LogP contribution in [0.4, 0.5) is 0 Å². The Morgan fingerprint density at radius 2 is 1.82 bits per heavy atom. The van der Waals surface area contributed by atoms with Crippen molar-refractivity contribution < 1.29 is 14.9 Å². The second kappa shape index (κ2) is 6.60. The Morgan fingerprint density at radius 3 is 2.57 bits per heavy atom. The maximum Gasteiger partial charge on any atom is 0.0927 e. The molecule has 0 aromatic heterocycles. The van der Waals surface area contributed by atoms with Gasteiger partial charge in [0.2, 0.25) is 0 Å². The zero-order chi connectivity index (χ0) is 19.7. The van der Waals surface area contributed by atoms with Crippen LogP contribution in [0.5, 0.6) is 0 Å². The third kappa shape index (κ3) is 2.61. The molecule has 1 saturated heterocycles. The number of rotatable bonds is 1. The smallest absolute Gasteiger partial charge is 0.0927 e. The van der Waals surface area contributed by atoms with Gasteiger partial charge in [-0.2, -0.15) is 0 Å². The van der Waals surface area contributed by atoms with Gasteiger partial charge in [-0.05, 0) is 85.0 Å². The molecule has 2 saturated carbocycles. The lowest BCUT2D eigenvalue weighted by molar-refractivity contribution is -0.0534. The normalized spacial score (nSPS) is 51.2. The summed E-state index contributed by atoms with van der Waals surface area (Å²) in [5.41, 5.74) is 3.28. The Morgan fingerprint density at radius 1 is 1.04 bits per heavy atom. The van der Waals surface area contributed by atoms with Gasteiger partial charge in [0.1, 0.15) is 0 Å². The fraction of sp³-hybridized carbons (Fsp3) is 0.840. The number of hydrogen-bond donors (Lipinski definition) is 2. The molecule has 0 bridgehead atoms. The third-order valence-corrected chi connectivity index (χ3v) is 9.71. The van der Waals surface area contributed by atoms with Crippen LogP contribution in [0, 0.1) is 40.4 Å².